The zero-order valence-electron chi connectivity index (χ0n) is 17.5. The summed E-state index contributed by atoms with van der Waals surface area (Å²) in [7, 11) is 1.57. The predicted octanol–water partition coefficient (Wildman–Crippen LogP) is 3.10. The van der Waals surface area contributed by atoms with Gasteiger partial charge in [0.1, 0.15) is 5.69 Å². The van der Waals surface area contributed by atoms with E-state index in [0.717, 1.165) is 28.9 Å². The molecule has 0 fully saturated rings. The lowest BCUT2D eigenvalue weighted by molar-refractivity contribution is 0.294. The van der Waals surface area contributed by atoms with Gasteiger partial charge in [0.05, 0.1) is 18.2 Å². The summed E-state index contributed by atoms with van der Waals surface area (Å²) in [6, 6.07) is 12.6. The minimum atomic E-state index is -0.475. The van der Waals surface area contributed by atoms with Crippen LogP contribution < -0.4 is 25.1 Å². The molecule has 0 N–H and O–H groups in total. The lowest BCUT2D eigenvalue weighted by atomic mass is 10.1. The van der Waals surface area contributed by atoms with Gasteiger partial charge in [-0.1, -0.05) is 54.1 Å². The van der Waals surface area contributed by atoms with Crippen molar-refractivity contribution in [3.63, 3.8) is 0 Å². The Morgan fingerprint density at radius 2 is 1.97 bits per heavy atom. The summed E-state index contributed by atoms with van der Waals surface area (Å²) in [6.07, 6.45) is 2.79. The van der Waals surface area contributed by atoms with Gasteiger partial charge in [0, 0.05) is 11.4 Å². The van der Waals surface area contributed by atoms with Gasteiger partial charge in [-0.2, -0.15) is 14.6 Å². The third-order valence-electron chi connectivity index (χ3n) is 4.71. The van der Waals surface area contributed by atoms with Gasteiger partial charge < -0.3 is 9.47 Å². The molecule has 0 spiro atoms. The number of rotatable bonds is 7. The molecule has 0 aliphatic carbocycles. The maximum Gasteiger partial charge on any atom is 0.296 e. The largest absolute Gasteiger partial charge is 0.493 e. The highest BCUT2D eigenvalue weighted by Gasteiger charge is 2.13. The molecule has 0 amide bonds. The molecular formula is C23H20ClN3O4S. The molecule has 0 unspecified atom stereocenters. The van der Waals surface area contributed by atoms with Crippen LogP contribution in [0.1, 0.15) is 30.2 Å². The Labute approximate surface area is 192 Å². The molecule has 0 aliphatic heterocycles. The third kappa shape index (κ3) is 4.51. The first-order valence-corrected chi connectivity index (χ1v) is 11.2. The van der Waals surface area contributed by atoms with E-state index in [2.05, 4.69) is 10.1 Å². The highest BCUT2D eigenvalue weighted by molar-refractivity contribution is 7.15. The summed E-state index contributed by atoms with van der Waals surface area (Å²) in [5.74, 6) is 1.22. The molecule has 0 bridgehead atoms. The van der Waals surface area contributed by atoms with Gasteiger partial charge in [-0.05, 0) is 41.8 Å². The van der Waals surface area contributed by atoms with Crippen molar-refractivity contribution in [2.45, 2.75) is 19.8 Å². The van der Waals surface area contributed by atoms with Crippen LogP contribution in [0.5, 0.6) is 11.5 Å². The number of hydrogen-bond donors (Lipinski definition) is 0. The van der Waals surface area contributed by atoms with E-state index in [9.17, 15) is 9.59 Å². The van der Waals surface area contributed by atoms with Gasteiger partial charge in [-0.15, -0.1) is 0 Å². The van der Waals surface area contributed by atoms with Crippen molar-refractivity contribution < 1.29 is 9.47 Å². The summed E-state index contributed by atoms with van der Waals surface area (Å²) >= 11 is 7.30. The van der Waals surface area contributed by atoms with E-state index in [1.807, 2.05) is 31.2 Å². The first kappa shape index (κ1) is 22.0. The predicted molar refractivity (Wildman–Crippen MR) is 125 cm³/mol. The molecule has 164 valence electrons. The van der Waals surface area contributed by atoms with Gasteiger partial charge in [-0.25, -0.2) is 0 Å². The second-order valence-electron chi connectivity index (χ2n) is 7.00. The van der Waals surface area contributed by atoms with Gasteiger partial charge in [0.25, 0.3) is 11.1 Å². The molecule has 7 nitrogen and oxygen atoms in total. The summed E-state index contributed by atoms with van der Waals surface area (Å²) < 4.78 is 12.7. The van der Waals surface area contributed by atoms with Crippen LogP contribution in [0.2, 0.25) is 5.02 Å². The lowest BCUT2D eigenvalue weighted by Gasteiger charge is -2.10. The van der Waals surface area contributed by atoms with Crippen molar-refractivity contribution in [3.8, 4) is 11.5 Å². The summed E-state index contributed by atoms with van der Waals surface area (Å²) in [5.41, 5.74) is 0.845. The van der Waals surface area contributed by atoms with E-state index in [0.29, 0.717) is 27.7 Å². The average Bonchev–Trinajstić information content (AvgIpc) is 3.08. The zero-order valence-corrected chi connectivity index (χ0v) is 19.1. The van der Waals surface area contributed by atoms with E-state index in [4.69, 9.17) is 21.1 Å². The molecule has 2 heterocycles. The second-order valence-corrected chi connectivity index (χ2v) is 8.42. The highest BCUT2D eigenvalue weighted by atomic mass is 35.5. The number of fused-ring (bicyclic) bond motifs is 1. The fourth-order valence-electron chi connectivity index (χ4n) is 3.13. The Morgan fingerprint density at radius 1 is 1.16 bits per heavy atom. The summed E-state index contributed by atoms with van der Waals surface area (Å²) in [6.45, 7) is 2.61. The van der Waals surface area contributed by atoms with Crippen LogP contribution in [0.4, 0.5) is 0 Å². The Balaban J connectivity index is 1.74. The number of halogens is 1. The standard InChI is InChI=1S/C23H20ClN3O4S/c1-3-10-31-18-9-8-14(11-19(18)30-2)12-20-22(29)27-23(32-20)25-21(28)17(26-27)13-15-6-4-5-7-16(15)24/h4-9,11-12H,3,10,13H2,1-2H3/b20-12-. The number of benzene rings is 2. The Bertz CT molecular complexity index is 1450. The van der Waals surface area contributed by atoms with E-state index in [-0.39, 0.29) is 22.6 Å². The van der Waals surface area contributed by atoms with Gasteiger partial charge in [-0.3, -0.25) is 9.59 Å². The fraction of sp³-hybridized carbons (Fsp3) is 0.217. The zero-order chi connectivity index (χ0) is 22.7. The summed E-state index contributed by atoms with van der Waals surface area (Å²) in [4.78, 5) is 29.7. The monoisotopic (exact) mass is 469 g/mol. The topological polar surface area (TPSA) is 82.8 Å². The Hall–Kier alpha value is -3.23. The number of thiazole rings is 1. The Morgan fingerprint density at radius 3 is 2.72 bits per heavy atom. The normalized spacial score (nSPS) is 11.8. The smallest absolute Gasteiger partial charge is 0.296 e. The molecule has 0 saturated heterocycles. The van der Waals surface area contributed by atoms with E-state index < -0.39 is 5.56 Å². The molecule has 0 atom stereocenters. The quantitative estimate of drug-likeness (QED) is 0.413. The molecule has 32 heavy (non-hydrogen) atoms. The molecule has 4 aromatic rings. The van der Waals surface area contributed by atoms with Crippen molar-refractivity contribution in [1.29, 1.82) is 0 Å². The SMILES string of the molecule is CCCOc1ccc(/C=c2\sc3nc(=O)c(Cc4ccccc4Cl)nn3c2=O)cc1OC. The first-order chi connectivity index (χ1) is 15.5. The lowest BCUT2D eigenvalue weighted by Crippen LogP contribution is -2.28. The number of methoxy groups -OCH3 is 1. The molecule has 2 aromatic heterocycles. The van der Waals surface area contributed by atoms with Crippen LogP contribution in [-0.2, 0) is 6.42 Å². The van der Waals surface area contributed by atoms with Crippen molar-refractivity contribution in [1.82, 2.24) is 14.6 Å². The maximum atomic E-state index is 12.9. The van der Waals surface area contributed by atoms with Crippen LogP contribution in [0.15, 0.2) is 52.1 Å². The van der Waals surface area contributed by atoms with E-state index >= 15 is 0 Å². The fourth-order valence-corrected chi connectivity index (χ4v) is 4.24. The first-order valence-electron chi connectivity index (χ1n) is 9.99. The molecule has 4 rings (SSSR count). The molecule has 9 heteroatoms. The number of nitrogens with zero attached hydrogens (tertiary/aromatic N) is 3. The minimum absolute atomic E-state index is 0.163. The highest BCUT2D eigenvalue weighted by Crippen LogP contribution is 2.28. The van der Waals surface area contributed by atoms with Crippen LogP contribution in [0.25, 0.3) is 11.0 Å². The third-order valence-corrected chi connectivity index (χ3v) is 6.04. The van der Waals surface area contributed by atoms with E-state index in [1.165, 1.54) is 4.52 Å². The van der Waals surface area contributed by atoms with Crippen LogP contribution >= 0.6 is 22.9 Å². The van der Waals surface area contributed by atoms with Crippen LogP contribution in [0.3, 0.4) is 0 Å². The van der Waals surface area contributed by atoms with Gasteiger partial charge >= 0.3 is 0 Å². The molecule has 2 aromatic carbocycles. The Kier molecular flexibility index (Phi) is 6.53. The number of ether oxygens (including phenoxy) is 2. The number of hydrogen-bond acceptors (Lipinski definition) is 7. The van der Waals surface area contributed by atoms with Crippen molar-refractivity contribution in [2.24, 2.45) is 0 Å². The molecular weight excluding hydrogens is 450 g/mol. The van der Waals surface area contributed by atoms with Gasteiger partial charge in [0.2, 0.25) is 4.96 Å². The molecule has 0 saturated carbocycles. The second kappa shape index (κ2) is 9.50. The minimum Gasteiger partial charge on any atom is -0.493 e. The van der Waals surface area contributed by atoms with Crippen molar-refractivity contribution >= 4 is 34.0 Å². The van der Waals surface area contributed by atoms with E-state index in [1.54, 1.807) is 31.4 Å². The molecule has 0 radical (unpaired) electrons. The molecule has 0 aliphatic rings. The van der Waals surface area contributed by atoms with Crippen molar-refractivity contribution in [2.75, 3.05) is 13.7 Å². The van der Waals surface area contributed by atoms with Crippen molar-refractivity contribution in [3.05, 3.63) is 89.5 Å². The van der Waals surface area contributed by atoms with Crippen LogP contribution in [0, 0.1) is 0 Å². The summed E-state index contributed by atoms with van der Waals surface area (Å²) in [5, 5.41) is 4.80. The maximum absolute atomic E-state index is 12.9. The average molecular weight is 470 g/mol. The number of aromatic nitrogens is 3. The van der Waals surface area contributed by atoms with Gasteiger partial charge in [0.15, 0.2) is 11.5 Å². The van der Waals surface area contributed by atoms with Crippen LogP contribution in [-0.4, -0.2) is 28.3 Å².